The van der Waals surface area contributed by atoms with Crippen LogP contribution in [-0.2, 0) is 4.79 Å². The van der Waals surface area contributed by atoms with Crippen LogP contribution in [0.4, 0.5) is 5.95 Å². The van der Waals surface area contributed by atoms with Crippen LogP contribution in [0.1, 0.15) is 37.4 Å². The van der Waals surface area contributed by atoms with Crippen molar-refractivity contribution >= 4 is 17.6 Å². The topological polar surface area (TPSA) is 75.9 Å². The second-order valence-corrected chi connectivity index (χ2v) is 7.16. The normalized spacial score (nSPS) is 16.7. The van der Waals surface area contributed by atoms with Gasteiger partial charge >= 0.3 is 0 Å². The molecule has 4 rings (SSSR count). The highest BCUT2D eigenvalue weighted by Crippen LogP contribution is 2.35. The first-order valence-electron chi connectivity index (χ1n) is 9.84. The number of amides is 1. The maximum Gasteiger partial charge on any atom is 0.251 e. The van der Waals surface area contributed by atoms with Gasteiger partial charge in [0.25, 0.3) is 5.95 Å². The lowest BCUT2D eigenvalue weighted by molar-refractivity contribution is -0.120. The van der Waals surface area contributed by atoms with Crippen LogP contribution >= 0.6 is 0 Å². The minimum atomic E-state index is -0.148. The molecular formula is C22H24N6O. The average molecular weight is 388 g/mol. The Morgan fingerprint density at radius 1 is 1.10 bits per heavy atom. The van der Waals surface area contributed by atoms with Gasteiger partial charge in [0.15, 0.2) is 0 Å². The summed E-state index contributed by atoms with van der Waals surface area (Å²) in [5.74, 6) is 0.494. The van der Waals surface area contributed by atoms with Crippen LogP contribution in [0.2, 0.25) is 0 Å². The number of hydrogen-bond donors (Lipinski definition) is 1. The molecule has 1 aliphatic rings. The van der Waals surface area contributed by atoms with E-state index < -0.39 is 0 Å². The van der Waals surface area contributed by atoms with Crippen LogP contribution in [0, 0.1) is 0 Å². The first-order chi connectivity index (χ1) is 14.2. The summed E-state index contributed by atoms with van der Waals surface area (Å²) in [5.41, 5.74) is 3.01. The molecule has 0 fully saturated rings. The Morgan fingerprint density at radius 3 is 2.48 bits per heavy atom. The molecule has 7 heteroatoms. The lowest BCUT2D eigenvalue weighted by Crippen LogP contribution is -2.42. The molecule has 1 amide bonds. The van der Waals surface area contributed by atoms with Crippen molar-refractivity contribution in [1.82, 2.24) is 25.5 Å². The minimum Gasteiger partial charge on any atom is -0.352 e. The second kappa shape index (κ2) is 8.26. The fraction of sp³-hybridized carbons (Fsp3) is 0.273. The molecule has 0 saturated carbocycles. The third kappa shape index (κ3) is 3.89. The molecule has 2 aromatic carbocycles. The monoisotopic (exact) mass is 388 g/mol. The van der Waals surface area contributed by atoms with E-state index in [1.165, 1.54) is 0 Å². The summed E-state index contributed by atoms with van der Waals surface area (Å²) >= 11 is 0. The maximum absolute atomic E-state index is 12.7. The van der Waals surface area contributed by atoms with E-state index in [1.807, 2.05) is 67.3 Å². The number of anilines is 1. The van der Waals surface area contributed by atoms with Gasteiger partial charge in [-0.3, -0.25) is 9.69 Å². The number of rotatable bonds is 6. The van der Waals surface area contributed by atoms with Crippen molar-refractivity contribution in [2.45, 2.75) is 32.4 Å². The number of benzene rings is 2. The number of aromatic nitrogens is 4. The van der Waals surface area contributed by atoms with Gasteiger partial charge in [-0.2, -0.15) is 4.68 Å². The Hall–Kier alpha value is -3.48. The summed E-state index contributed by atoms with van der Waals surface area (Å²) in [4.78, 5) is 14.6. The molecule has 0 saturated heterocycles. The summed E-state index contributed by atoms with van der Waals surface area (Å²) in [6.07, 6.45) is 2.99. The van der Waals surface area contributed by atoms with Gasteiger partial charge in [0, 0.05) is 6.04 Å². The largest absolute Gasteiger partial charge is 0.352 e. The van der Waals surface area contributed by atoms with Gasteiger partial charge < -0.3 is 5.32 Å². The zero-order valence-electron chi connectivity index (χ0n) is 16.6. The molecule has 0 bridgehead atoms. The molecule has 1 N–H and O–H groups in total. The molecule has 148 valence electrons. The summed E-state index contributed by atoms with van der Waals surface area (Å²) in [6.45, 7) is 4.19. The first-order valence-corrected chi connectivity index (χ1v) is 9.84. The van der Waals surface area contributed by atoms with Crippen LogP contribution in [0.15, 0.2) is 66.7 Å². The SMILES string of the molecule is CCC(C)NC(=O)CN1C(c2ccccc2)=CC(c2ccccc2)n2nnnc21. The molecule has 2 heterocycles. The molecule has 3 aromatic rings. The number of nitrogens with one attached hydrogen (secondary N) is 1. The van der Waals surface area contributed by atoms with E-state index in [4.69, 9.17) is 0 Å². The van der Waals surface area contributed by atoms with Gasteiger partial charge in [-0.05, 0) is 41.0 Å². The molecular weight excluding hydrogens is 364 g/mol. The smallest absolute Gasteiger partial charge is 0.251 e. The van der Waals surface area contributed by atoms with Crippen molar-refractivity contribution in [3.8, 4) is 0 Å². The van der Waals surface area contributed by atoms with Crippen molar-refractivity contribution in [2.24, 2.45) is 0 Å². The van der Waals surface area contributed by atoms with Gasteiger partial charge in [-0.15, -0.1) is 0 Å². The number of carbonyl (C=O) groups excluding carboxylic acids is 1. The second-order valence-electron chi connectivity index (χ2n) is 7.16. The molecule has 1 aliphatic heterocycles. The highest BCUT2D eigenvalue weighted by atomic mass is 16.2. The van der Waals surface area contributed by atoms with Gasteiger partial charge in [0.2, 0.25) is 5.91 Å². The van der Waals surface area contributed by atoms with Crippen LogP contribution < -0.4 is 10.2 Å². The van der Waals surface area contributed by atoms with Crippen LogP contribution in [0.3, 0.4) is 0 Å². The Labute approximate surface area is 170 Å². The van der Waals surface area contributed by atoms with Crippen molar-refractivity contribution in [2.75, 3.05) is 11.4 Å². The van der Waals surface area contributed by atoms with Gasteiger partial charge in [0.05, 0.1) is 5.70 Å². The highest BCUT2D eigenvalue weighted by molar-refractivity contribution is 5.89. The van der Waals surface area contributed by atoms with Crippen LogP contribution in [0.5, 0.6) is 0 Å². The van der Waals surface area contributed by atoms with Crippen LogP contribution in [0.25, 0.3) is 5.70 Å². The molecule has 0 radical (unpaired) electrons. The quantitative estimate of drug-likeness (QED) is 0.702. The molecule has 7 nitrogen and oxygen atoms in total. The van der Waals surface area contributed by atoms with E-state index >= 15 is 0 Å². The van der Waals surface area contributed by atoms with Gasteiger partial charge in [0.1, 0.15) is 12.6 Å². The van der Waals surface area contributed by atoms with E-state index in [0.717, 1.165) is 23.2 Å². The summed E-state index contributed by atoms with van der Waals surface area (Å²) in [7, 11) is 0. The van der Waals surface area contributed by atoms with Crippen molar-refractivity contribution in [3.63, 3.8) is 0 Å². The number of carbonyl (C=O) groups is 1. The lowest BCUT2D eigenvalue weighted by atomic mass is 10.0. The third-order valence-corrected chi connectivity index (χ3v) is 5.12. The molecule has 0 spiro atoms. The van der Waals surface area contributed by atoms with E-state index in [1.54, 1.807) is 4.68 Å². The Balaban J connectivity index is 1.76. The number of nitrogens with zero attached hydrogens (tertiary/aromatic N) is 5. The van der Waals surface area contributed by atoms with E-state index in [9.17, 15) is 4.79 Å². The van der Waals surface area contributed by atoms with E-state index in [-0.39, 0.29) is 24.5 Å². The van der Waals surface area contributed by atoms with Crippen molar-refractivity contribution < 1.29 is 4.79 Å². The molecule has 2 unspecified atom stereocenters. The minimum absolute atomic E-state index is 0.0612. The van der Waals surface area contributed by atoms with Crippen molar-refractivity contribution in [1.29, 1.82) is 0 Å². The Morgan fingerprint density at radius 2 is 1.79 bits per heavy atom. The summed E-state index contributed by atoms with van der Waals surface area (Å²) < 4.78 is 1.76. The molecule has 1 aromatic heterocycles. The fourth-order valence-corrected chi connectivity index (χ4v) is 3.44. The number of fused-ring (bicyclic) bond motifs is 1. The van der Waals surface area contributed by atoms with E-state index in [2.05, 4.69) is 39.1 Å². The van der Waals surface area contributed by atoms with Crippen molar-refractivity contribution in [3.05, 3.63) is 77.9 Å². The first kappa shape index (κ1) is 18.9. The Kier molecular flexibility index (Phi) is 5.37. The zero-order chi connectivity index (χ0) is 20.2. The third-order valence-electron chi connectivity index (χ3n) is 5.12. The molecule has 2 atom stereocenters. The Bertz CT molecular complexity index is 998. The van der Waals surface area contributed by atoms with Gasteiger partial charge in [-0.1, -0.05) is 72.7 Å². The summed E-state index contributed by atoms with van der Waals surface area (Å²) in [5, 5.41) is 15.4. The average Bonchev–Trinajstić information content (AvgIpc) is 3.25. The number of hydrogen-bond acceptors (Lipinski definition) is 5. The maximum atomic E-state index is 12.7. The molecule has 29 heavy (non-hydrogen) atoms. The highest BCUT2D eigenvalue weighted by Gasteiger charge is 2.31. The van der Waals surface area contributed by atoms with E-state index in [0.29, 0.717) is 5.95 Å². The number of allylic oxidation sites excluding steroid dienone is 1. The van der Waals surface area contributed by atoms with Gasteiger partial charge in [-0.25, -0.2) is 0 Å². The molecule has 0 aliphatic carbocycles. The fourth-order valence-electron chi connectivity index (χ4n) is 3.44. The number of tetrazole rings is 1. The standard InChI is InChI=1S/C22H24N6O/c1-3-16(2)23-21(29)15-27-19(17-10-6-4-7-11-17)14-20(18-12-8-5-9-13-18)28-22(27)24-25-26-28/h4-14,16,20H,3,15H2,1-2H3,(H,23,29). The predicted molar refractivity (Wildman–Crippen MR) is 112 cm³/mol. The summed E-state index contributed by atoms with van der Waals surface area (Å²) in [6, 6.07) is 20.1. The van der Waals surface area contributed by atoms with Crippen LogP contribution in [-0.4, -0.2) is 38.7 Å². The zero-order valence-corrected chi connectivity index (χ0v) is 16.6. The predicted octanol–water partition coefficient (Wildman–Crippen LogP) is 3.04. The lowest BCUT2D eigenvalue weighted by Gasteiger charge is -2.32.